The fraction of sp³-hybridized carbons (Fsp3) is 0.500. The van der Waals surface area contributed by atoms with E-state index in [2.05, 4.69) is 9.88 Å². The summed E-state index contributed by atoms with van der Waals surface area (Å²) in [7, 11) is -0.324. The summed E-state index contributed by atoms with van der Waals surface area (Å²) in [6, 6.07) is 4.87. The normalized spacial score (nSPS) is 20.6. The van der Waals surface area contributed by atoms with Crippen molar-refractivity contribution in [2.45, 2.75) is 50.2 Å². The zero-order chi connectivity index (χ0) is 25.9. The third kappa shape index (κ3) is 3.71. The monoisotopic (exact) mass is 535 g/mol. The molecule has 194 valence electrons. The fourth-order valence-electron chi connectivity index (χ4n) is 5.43. The van der Waals surface area contributed by atoms with Crippen LogP contribution in [0, 0.1) is 0 Å². The van der Waals surface area contributed by atoms with Crippen LogP contribution in [-0.4, -0.2) is 70.6 Å². The van der Waals surface area contributed by atoms with Gasteiger partial charge in [-0.25, -0.2) is 13.2 Å². The molecule has 2 bridgehead atoms. The Kier molecular flexibility index (Phi) is 6.30. The molecule has 10 nitrogen and oxygen atoms in total. The lowest BCUT2D eigenvalue weighted by atomic mass is 10.1. The molecule has 0 saturated carbocycles. The standard InChI is InChI=1S/C24H30ClN5O5S/c1-5-9-29-22-19(25)20(26-21(22)23(31)28(4)24(29)32)17-11-16(7-8-18(17)35-6-2)36(33,34)30-13-14-10-15(30)12-27(14)3/h7-8,11,14-15,26H,5-6,9-10,12-13H2,1-4H3/t14-,15-/m0/s1. The summed E-state index contributed by atoms with van der Waals surface area (Å²) >= 11 is 6.80. The molecule has 2 aromatic heterocycles. The average molecular weight is 536 g/mol. The second-order valence-electron chi connectivity index (χ2n) is 9.48. The molecule has 2 fully saturated rings. The Morgan fingerprint density at radius 3 is 2.50 bits per heavy atom. The van der Waals surface area contributed by atoms with Crippen molar-refractivity contribution >= 4 is 32.7 Å². The van der Waals surface area contributed by atoms with E-state index < -0.39 is 21.3 Å². The Morgan fingerprint density at radius 1 is 1.14 bits per heavy atom. The Hall–Kier alpha value is -2.60. The van der Waals surface area contributed by atoms with Crippen molar-refractivity contribution in [3.05, 3.63) is 44.1 Å². The fourth-order valence-corrected chi connectivity index (χ4v) is 7.47. The van der Waals surface area contributed by atoms with E-state index in [1.54, 1.807) is 22.5 Å². The predicted octanol–water partition coefficient (Wildman–Crippen LogP) is 2.23. The lowest BCUT2D eigenvalue weighted by molar-refractivity contribution is 0.216. The number of hydrogen-bond donors (Lipinski definition) is 1. The molecule has 1 aromatic carbocycles. The predicted molar refractivity (Wildman–Crippen MR) is 138 cm³/mol. The number of halogens is 1. The third-order valence-electron chi connectivity index (χ3n) is 7.26. The molecule has 1 N–H and O–H groups in total. The number of fused-ring (bicyclic) bond motifs is 3. The number of nitrogens with one attached hydrogen (secondary N) is 1. The number of aromatic nitrogens is 3. The molecule has 0 aliphatic carbocycles. The molecular weight excluding hydrogens is 506 g/mol. The highest BCUT2D eigenvalue weighted by molar-refractivity contribution is 7.89. The van der Waals surface area contributed by atoms with Crippen molar-refractivity contribution in [1.82, 2.24) is 23.3 Å². The SMILES string of the molecule is CCCn1c(=O)n(C)c(=O)c2[nH]c(-c3cc(S(=O)(=O)N4C[C@@H]5C[C@H]4CN5C)ccc3OCC)c(Cl)c21. The Bertz CT molecular complexity index is 1570. The summed E-state index contributed by atoms with van der Waals surface area (Å²) in [5, 5.41) is 0.172. The molecule has 5 rings (SSSR count). The van der Waals surface area contributed by atoms with Crippen LogP contribution in [0.4, 0.5) is 0 Å². The lowest BCUT2D eigenvalue weighted by Crippen LogP contribution is -2.47. The van der Waals surface area contributed by atoms with Gasteiger partial charge in [0.1, 0.15) is 11.3 Å². The largest absolute Gasteiger partial charge is 0.493 e. The van der Waals surface area contributed by atoms with Gasteiger partial charge in [-0.05, 0) is 45.0 Å². The number of ether oxygens (including phenoxy) is 1. The zero-order valence-electron chi connectivity index (χ0n) is 20.7. The number of hydrogen-bond acceptors (Lipinski definition) is 6. The van der Waals surface area contributed by atoms with E-state index in [1.165, 1.54) is 11.6 Å². The van der Waals surface area contributed by atoms with E-state index in [0.29, 0.717) is 55.2 Å². The summed E-state index contributed by atoms with van der Waals surface area (Å²) in [6.45, 7) is 5.64. The first-order valence-corrected chi connectivity index (χ1v) is 13.9. The van der Waals surface area contributed by atoms with Gasteiger partial charge in [0.05, 0.1) is 27.7 Å². The van der Waals surface area contributed by atoms with Crippen LogP contribution in [0.1, 0.15) is 26.7 Å². The summed E-state index contributed by atoms with van der Waals surface area (Å²) in [4.78, 5) is 31.2. The quantitative estimate of drug-likeness (QED) is 0.497. The van der Waals surface area contributed by atoms with E-state index >= 15 is 0 Å². The van der Waals surface area contributed by atoms with Crippen LogP contribution in [0.5, 0.6) is 5.75 Å². The number of H-pyrrole nitrogens is 1. The Morgan fingerprint density at radius 2 is 1.89 bits per heavy atom. The second kappa shape index (κ2) is 9.05. The molecule has 2 aliphatic rings. The number of piperazine rings is 1. The first-order chi connectivity index (χ1) is 17.1. The van der Waals surface area contributed by atoms with Crippen molar-refractivity contribution in [2.24, 2.45) is 7.05 Å². The van der Waals surface area contributed by atoms with Crippen molar-refractivity contribution in [2.75, 3.05) is 26.7 Å². The highest BCUT2D eigenvalue weighted by Gasteiger charge is 2.47. The molecule has 0 amide bonds. The van der Waals surface area contributed by atoms with Crippen LogP contribution in [0.3, 0.4) is 0 Å². The first-order valence-electron chi connectivity index (χ1n) is 12.1. The summed E-state index contributed by atoms with van der Waals surface area (Å²) < 4.78 is 37.2. The van der Waals surface area contributed by atoms with Crippen LogP contribution < -0.4 is 16.0 Å². The minimum absolute atomic E-state index is 0.0526. The molecule has 0 unspecified atom stereocenters. The molecule has 36 heavy (non-hydrogen) atoms. The van der Waals surface area contributed by atoms with Gasteiger partial charge in [-0.15, -0.1) is 0 Å². The highest BCUT2D eigenvalue weighted by atomic mass is 35.5. The Labute approximate surface area is 214 Å². The molecule has 0 radical (unpaired) electrons. The van der Waals surface area contributed by atoms with Gasteiger partial charge in [0, 0.05) is 44.3 Å². The van der Waals surface area contributed by atoms with Crippen molar-refractivity contribution < 1.29 is 13.2 Å². The van der Waals surface area contributed by atoms with Crippen LogP contribution in [0.2, 0.25) is 5.02 Å². The van der Waals surface area contributed by atoms with E-state index in [0.717, 1.165) is 11.0 Å². The van der Waals surface area contributed by atoms with Gasteiger partial charge in [-0.1, -0.05) is 18.5 Å². The molecule has 12 heteroatoms. The minimum atomic E-state index is -3.76. The maximum absolute atomic E-state index is 13.6. The molecule has 0 spiro atoms. The van der Waals surface area contributed by atoms with Crippen molar-refractivity contribution in [1.29, 1.82) is 0 Å². The number of benzene rings is 1. The number of likely N-dealkylation sites (N-methyl/N-ethyl adjacent to an activating group) is 1. The molecule has 4 heterocycles. The van der Waals surface area contributed by atoms with Gasteiger partial charge in [0.15, 0.2) is 0 Å². The number of sulfonamides is 1. The van der Waals surface area contributed by atoms with Crippen molar-refractivity contribution in [3.8, 4) is 17.0 Å². The number of nitrogens with zero attached hydrogens (tertiary/aromatic N) is 4. The smallest absolute Gasteiger partial charge is 0.331 e. The molecular formula is C24H30ClN5O5S. The maximum atomic E-state index is 13.6. The van der Waals surface area contributed by atoms with Gasteiger partial charge in [-0.3, -0.25) is 13.9 Å². The number of likely N-dealkylation sites (tertiary alicyclic amines) is 1. The van der Waals surface area contributed by atoms with Crippen molar-refractivity contribution in [3.63, 3.8) is 0 Å². The van der Waals surface area contributed by atoms with Gasteiger partial charge in [0.2, 0.25) is 10.0 Å². The second-order valence-corrected chi connectivity index (χ2v) is 11.8. The number of rotatable bonds is 7. The van der Waals surface area contributed by atoms with Gasteiger partial charge in [-0.2, -0.15) is 4.31 Å². The third-order valence-corrected chi connectivity index (χ3v) is 9.54. The van der Waals surface area contributed by atoms with Crippen LogP contribution >= 0.6 is 11.6 Å². The van der Waals surface area contributed by atoms with Crippen LogP contribution in [0.15, 0.2) is 32.7 Å². The van der Waals surface area contributed by atoms with Gasteiger partial charge in [0.25, 0.3) is 5.56 Å². The Balaban J connectivity index is 1.70. The topological polar surface area (TPSA) is 110 Å². The van der Waals surface area contributed by atoms with E-state index in [9.17, 15) is 18.0 Å². The lowest BCUT2D eigenvalue weighted by Gasteiger charge is -2.31. The average Bonchev–Trinajstić information content (AvgIpc) is 3.53. The summed E-state index contributed by atoms with van der Waals surface area (Å²) in [5.74, 6) is 0.425. The first kappa shape index (κ1) is 25.1. The summed E-state index contributed by atoms with van der Waals surface area (Å²) in [5.41, 5.74) is 0.269. The molecule has 2 saturated heterocycles. The van der Waals surface area contributed by atoms with Crippen LogP contribution in [-0.2, 0) is 23.6 Å². The maximum Gasteiger partial charge on any atom is 0.331 e. The molecule has 2 aliphatic heterocycles. The molecule has 2 atom stereocenters. The highest BCUT2D eigenvalue weighted by Crippen LogP contribution is 2.41. The number of aryl methyl sites for hydroxylation is 1. The van der Waals surface area contributed by atoms with Crippen LogP contribution in [0.25, 0.3) is 22.3 Å². The molecule has 3 aromatic rings. The summed E-state index contributed by atoms with van der Waals surface area (Å²) in [6.07, 6.45) is 1.49. The van der Waals surface area contributed by atoms with Gasteiger partial charge >= 0.3 is 5.69 Å². The number of aromatic amines is 1. The van der Waals surface area contributed by atoms with Gasteiger partial charge < -0.3 is 14.6 Å². The van der Waals surface area contributed by atoms with E-state index in [4.69, 9.17) is 16.3 Å². The zero-order valence-corrected chi connectivity index (χ0v) is 22.3. The minimum Gasteiger partial charge on any atom is -0.493 e. The van der Waals surface area contributed by atoms with E-state index in [-0.39, 0.29) is 27.5 Å². The van der Waals surface area contributed by atoms with E-state index in [1.807, 2.05) is 20.9 Å².